The number of halogens is 1. The monoisotopic (exact) mass is 431 g/mol. The summed E-state index contributed by atoms with van der Waals surface area (Å²) in [7, 11) is -3.67. The first-order valence-electron chi connectivity index (χ1n) is 8.88. The van der Waals surface area contributed by atoms with Gasteiger partial charge >= 0.3 is 5.97 Å². The first kappa shape index (κ1) is 22.5. The van der Waals surface area contributed by atoms with Crippen molar-refractivity contribution in [2.24, 2.45) is 0 Å². The van der Waals surface area contributed by atoms with E-state index in [1.165, 1.54) is 30.3 Å². The Bertz CT molecular complexity index is 1020. The topological polar surface area (TPSA) is 72.5 Å². The molecule has 0 aliphatic heterocycles. The number of rotatable bonds is 8. The highest BCUT2D eigenvalue weighted by atomic mass is 35.5. The molecule has 5 nitrogen and oxygen atoms in total. The number of carbonyl (C=O) groups excluding carboxylic acids is 1. The predicted octanol–water partition coefficient (Wildman–Crippen LogP) is 5.22. The van der Waals surface area contributed by atoms with Crippen LogP contribution in [0.25, 0.3) is 6.08 Å². The first-order chi connectivity index (χ1) is 13.8. The Balaban J connectivity index is 2.01. The van der Waals surface area contributed by atoms with Gasteiger partial charge in [0, 0.05) is 16.8 Å². The van der Waals surface area contributed by atoms with Crippen molar-refractivity contribution in [3.8, 4) is 0 Å². The van der Waals surface area contributed by atoms with Gasteiger partial charge in [0.05, 0.1) is 11.5 Å². The zero-order chi connectivity index (χ0) is 21.3. The molecule has 0 amide bonds. The molecule has 0 fully saturated rings. The number of ether oxygens (including phenoxy) is 1. The molecule has 29 heavy (non-hydrogen) atoms. The summed E-state index contributed by atoms with van der Waals surface area (Å²) in [5, 5.41) is 0.473. The van der Waals surface area contributed by atoms with Gasteiger partial charge in [0.25, 0.3) is 10.0 Å². The molecular weight excluding hydrogens is 410 g/mol. The van der Waals surface area contributed by atoms with E-state index in [9.17, 15) is 13.2 Å². The maximum atomic E-state index is 12.4. The van der Waals surface area contributed by atoms with Crippen molar-refractivity contribution in [1.29, 1.82) is 0 Å². The number of benzene rings is 2. The summed E-state index contributed by atoms with van der Waals surface area (Å²) in [6.07, 6.45) is 8.51. The largest absolute Gasteiger partial charge is 0.463 e. The minimum Gasteiger partial charge on any atom is -0.463 e. The molecule has 0 unspecified atom stereocenters. The Morgan fingerprint density at radius 1 is 1.03 bits per heavy atom. The minimum absolute atomic E-state index is 0.141. The molecule has 152 valence electrons. The number of carbonyl (C=O) groups is 1. The predicted molar refractivity (Wildman–Crippen MR) is 117 cm³/mol. The zero-order valence-corrected chi connectivity index (χ0v) is 17.7. The molecule has 1 N–H and O–H groups in total. The molecule has 2 rings (SSSR count). The molecule has 0 spiro atoms. The molecule has 7 heteroatoms. The highest BCUT2D eigenvalue weighted by Gasteiger charge is 2.13. The van der Waals surface area contributed by atoms with Crippen LogP contribution in [-0.2, 0) is 19.6 Å². The smallest absolute Gasteiger partial charge is 0.330 e. The summed E-state index contributed by atoms with van der Waals surface area (Å²) in [6.45, 7) is 4.02. The molecule has 2 aromatic rings. The van der Waals surface area contributed by atoms with Crippen LogP contribution in [0.15, 0.2) is 83.3 Å². The Kier molecular flexibility index (Phi) is 8.24. The zero-order valence-electron chi connectivity index (χ0n) is 16.1. The second-order valence-corrected chi connectivity index (χ2v) is 8.16. The van der Waals surface area contributed by atoms with Crippen LogP contribution in [0.4, 0.5) is 5.69 Å². The number of hydrogen-bond acceptors (Lipinski definition) is 4. The standard InChI is InChI=1S/C22H22ClNO4S/c1-3-28-22(25)7-5-4-6-17(2)16-18-8-12-20(13-9-18)24-29(26,27)21-14-10-19(23)11-15-21/h4-16,24H,3H2,1-2H3/b6-4+,7-5+,17-16+. The number of esters is 1. The lowest BCUT2D eigenvalue weighted by atomic mass is 10.1. The second kappa shape index (κ2) is 10.6. The van der Waals surface area contributed by atoms with Crippen molar-refractivity contribution in [3.05, 3.63) is 89.0 Å². The van der Waals surface area contributed by atoms with E-state index in [0.29, 0.717) is 17.3 Å². The number of hydrogen-bond donors (Lipinski definition) is 1. The summed E-state index contributed by atoms with van der Waals surface area (Å²) >= 11 is 5.80. The van der Waals surface area contributed by atoms with Gasteiger partial charge < -0.3 is 4.74 Å². The van der Waals surface area contributed by atoms with E-state index in [1.807, 2.05) is 31.2 Å². The third-order valence-corrected chi connectivity index (χ3v) is 5.32. The third-order valence-electron chi connectivity index (χ3n) is 3.67. The van der Waals surface area contributed by atoms with Crippen molar-refractivity contribution in [3.63, 3.8) is 0 Å². The van der Waals surface area contributed by atoms with Gasteiger partial charge in [-0.15, -0.1) is 0 Å². The van der Waals surface area contributed by atoms with E-state index >= 15 is 0 Å². The van der Waals surface area contributed by atoms with Crippen LogP contribution in [0, 0.1) is 0 Å². The van der Waals surface area contributed by atoms with Crippen LogP contribution in [0.2, 0.25) is 5.02 Å². The Labute approximate surface area is 176 Å². The Hall–Kier alpha value is -2.83. The first-order valence-corrected chi connectivity index (χ1v) is 10.7. The molecular formula is C22H22ClNO4S. The Morgan fingerprint density at radius 3 is 2.28 bits per heavy atom. The number of nitrogens with one attached hydrogen (secondary N) is 1. The number of allylic oxidation sites excluding steroid dienone is 4. The minimum atomic E-state index is -3.67. The summed E-state index contributed by atoms with van der Waals surface area (Å²) in [6, 6.07) is 13.0. The molecule has 0 aliphatic rings. The molecule has 0 bridgehead atoms. The van der Waals surface area contributed by atoms with Crippen LogP contribution in [-0.4, -0.2) is 21.0 Å². The van der Waals surface area contributed by atoms with Gasteiger partial charge in [0.1, 0.15) is 0 Å². The van der Waals surface area contributed by atoms with Crippen LogP contribution >= 0.6 is 11.6 Å². The Morgan fingerprint density at radius 2 is 1.66 bits per heavy atom. The van der Waals surface area contributed by atoms with Gasteiger partial charge in [0.2, 0.25) is 0 Å². The third kappa shape index (κ3) is 7.60. The highest BCUT2D eigenvalue weighted by molar-refractivity contribution is 7.92. The van der Waals surface area contributed by atoms with Gasteiger partial charge in [-0.3, -0.25) is 4.72 Å². The molecule has 0 radical (unpaired) electrons. The summed E-state index contributed by atoms with van der Waals surface area (Å²) in [5.74, 6) is -0.379. The van der Waals surface area contributed by atoms with E-state index in [-0.39, 0.29) is 10.9 Å². The fourth-order valence-corrected chi connectivity index (χ4v) is 3.50. The van der Waals surface area contributed by atoms with E-state index in [4.69, 9.17) is 16.3 Å². The molecule has 0 atom stereocenters. The number of anilines is 1. The SMILES string of the molecule is CCOC(=O)/C=C/C=C/C(C)=C/c1ccc(NS(=O)(=O)c2ccc(Cl)cc2)cc1. The van der Waals surface area contributed by atoms with Crippen LogP contribution in [0.1, 0.15) is 19.4 Å². The van der Waals surface area contributed by atoms with Crippen molar-refractivity contribution >= 4 is 39.4 Å². The number of sulfonamides is 1. The van der Waals surface area contributed by atoms with E-state index in [2.05, 4.69) is 4.72 Å². The fraction of sp³-hybridized carbons (Fsp3) is 0.136. The van der Waals surface area contributed by atoms with Crippen molar-refractivity contribution in [2.45, 2.75) is 18.7 Å². The average molecular weight is 432 g/mol. The van der Waals surface area contributed by atoms with Crippen molar-refractivity contribution in [2.75, 3.05) is 11.3 Å². The average Bonchev–Trinajstić information content (AvgIpc) is 2.67. The van der Waals surface area contributed by atoms with Gasteiger partial charge in [0.15, 0.2) is 0 Å². The van der Waals surface area contributed by atoms with Crippen LogP contribution in [0.3, 0.4) is 0 Å². The van der Waals surface area contributed by atoms with Crippen molar-refractivity contribution < 1.29 is 17.9 Å². The highest BCUT2D eigenvalue weighted by Crippen LogP contribution is 2.19. The quantitative estimate of drug-likeness (QED) is 0.353. The lowest BCUT2D eigenvalue weighted by Gasteiger charge is -2.08. The van der Waals surface area contributed by atoms with Gasteiger partial charge in [-0.05, 0) is 55.8 Å². The molecule has 0 heterocycles. The van der Waals surface area contributed by atoms with E-state index in [1.54, 1.807) is 31.2 Å². The van der Waals surface area contributed by atoms with E-state index < -0.39 is 10.0 Å². The van der Waals surface area contributed by atoms with Crippen LogP contribution in [0.5, 0.6) is 0 Å². The molecule has 0 aliphatic carbocycles. The summed E-state index contributed by atoms with van der Waals surface area (Å²) < 4.78 is 32.1. The normalized spacial score (nSPS) is 12.4. The second-order valence-electron chi connectivity index (χ2n) is 6.04. The fourth-order valence-electron chi connectivity index (χ4n) is 2.32. The summed E-state index contributed by atoms with van der Waals surface area (Å²) in [5.41, 5.74) is 2.34. The molecule has 0 saturated carbocycles. The van der Waals surface area contributed by atoms with E-state index in [0.717, 1.165) is 11.1 Å². The lowest BCUT2D eigenvalue weighted by molar-refractivity contribution is -0.137. The van der Waals surface area contributed by atoms with Gasteiger partial charge in [-0.25, -0.2) is 13.2 Å². The lowest BCUT2D eigenvalue weighted by Crippen LogP contribution is -2.12. The maximum absolute atomic E-state index is 12.4. The van der Waals surface area contributed by atoms with Crippen LogP contribution < -0.4 is 4.72 Å². The molecule has 0 saturated heterocycles. The summed E-state index contributed by atoms with van der Waals surface area (Å²) in [4.78, 5) is 11.3. The molecule has 0 aromatic heterocycles. The maximum Gasteiger partial charge on any atom is 0.330 e. The van der Waals surface area contributed by atoms with Gasteiger partial charge in [-0.2, -0.15) is 0 Å². The van der Waals surface area contributed by atoms with Gasteiger partial charge in [-0.1, -0.05) is 53.6 Å². The van der Waals surface area contributed by atoms with Crippen molar-refractivity contribution in [1.82, 2.24) is 0 Å². The molecule has 2 aromatic carbocycles.